The molecule has 0 aliphatic rings. The third-order valence-corrected chi connectivity index (χ3v) is 4.02. The third-order valence-electron chi connectivity index (χ3n) is 3.47. The van der Waals surface area contributed by atoms with Gasteiger partial charge >= 0.3 is 0 Å². The van der Waals surface area contributed by atoms with Crippen LogP contribution in [0.5, 0.6) is 0 Å². The highest BCUT2D eigenvalue weighted by Gasteiger charge is 2.19. The summed E-state index contributed by atoms with van der Waals surface area (Å²) in [6.45, 7) is 4.12. The smallest absolute Gasteiger partial charge is 0.242 e. The number of carbonyl (C=O) groups excluding carboxylic acids is 1. The third kappa shape index (κ3) is 3.48. The molecule has 0 bridgehead atoms. The first-order chi connectivity index (χ1) is 10.4. The summed E-state index contributed by atoms with van der Waals surface area (Å²) in [6.07, 6.45) is 1.69. The molecule has 1 amide bonds. The van der Waals surface area contributed by atoms with E-state index in [0.29, 0.717) is 17.3 Å². The van der Waals surface area contributed by atoms with Crippen LogP contribution in [0.4, 0.5) is 0 Å². The minimum absolute atomic E-state index is 0.109. The Morgan fingerprint density at radius 1 is 1.50 bits per heavy atom. The fourth-order valence-corrected chi connectivity index (χ4v) is 2.43. The normalized spacial score (nSPS) is 12.4. The highest BCUT2D eigenvalue weighted by Crippen LogP contribution is 2.19. The summed E-state index contributed by atoms with van der Waals surface area (Å²) in [4.78, 5) is 12.3. The van der Waals surface area contributed by atoms with E-state index in [1.165, 1.54) is 0 Å². The van der Waals surface area contributed by atoms with Gasteiger partial charge in [0, 0.05) is 20.4 Å². The first-order valence-corrected chi connectivity index (χ1v) is 7.27. The topological polar surface area (TPSA) is 74.0 Å². The molecule has 1 atom stereocenters. The molecule has 2 rings (SSSR count). The lowest BCUT2D eigenvalue weighted by molar-refractivity contribution is -0.123. The number of nitrogens with zero attached hydrogens (tertiary/aromatic N) is 4. The monoisotopic (exact) mass is 325 g/mol. The summed E-state index contributed by atoms with van der Waals surface area (Å²) >= 11 is 6.09. The zero-order valence-electron chi connectivity index (χ0n) is 13.1. The molecule has 7 nitrogen and oxygen atoms in total. The van der Waals surface area contributed by atoms with Crippen molar-refractivity contribution in [1.82, 2.24) is 24.9 Å². The van der Waals surface area contributed by atoms with Crippen molar-refractivity contribution < 1.29 is 9.53 Å². The summed E-state index contributed by atoms with van der Waals surface area (Å²) in [6, 6.07) is 1.59. The Bertz CT molecular complexity index is 664. The largest absolute Gasteiger partial charge is 0.382 e. The van der Waals surface area contributed by atoms with E-state index in [1.54, 1.807) is 22.7 Å². The van der Waals surface area contributed by atoms with E-state index in [-0.39, 0.29) is 18.5 Å². The minimum atomic E-state index is -0.266. The van der Waals surface area contributed by atoms with Crippen LogP contribution in [-0.4, -0.2) is 39.2 Å². The number of amides is 1. The molecule has 0 fully saturated rings. The second kappa shape index (κ2) is 6.93. The summed E-state index contributed by atoms with van der Waals surface area (Å²) < 4.78 is 8.49. The van der Waals surface area contributed by atoms with E-state index >= 15 is 0 Å². The maximum atomic E-state index is 12.3. The average molecular weight is 326 g/mol. The van der Waals surface area contributed by atoms with E-state index in [4.69, 9.17) is 16.3 Å². The molecule has 8 heteroatoms. The Morgan fingerprint density at radius 2 is 2.23 bits per heavy atom. The first kappa shape index (κ1) is 16.5. The van der Waals surface area contributed by atoms with E-state index in [9.17, 15) is 4.79 Å². The molecule has 1 N–H and O–H groups in total. The van der Waals surface area contributed by atoms with Gasteiger partial charge in [-0.3, -0.25) is 14.2 Å². The van der Waals surface area contributed by atoms with E-state index < -0.39 is 0 Å². The number of nitrogens with one attached hydrogen (secondary N) is 1. The predicted octanol–water partition coefficient (Wildman–Crippen LogP) is 1.39. The fourth-order valence-electron chi connectivity index (χ4n) is 2.30. The second-order valence-corrected chi connectivity index (χ2v) is 5.48. The molecule has 2 aromatic rings. The molecular formula is C14H20ClN5O2. The van der Waals surface area contributed by atoms with Gasteiger partial charge in [-0.1, -0.05) is 11.6 Å². The van der Waals surface area contributed by atoms with Crippen molar-refractivity contribution >= 4 is 17.5 Å². The maximum absolute atomic E-state index is 12.3. The van der Waals surface area contributed by atoms with E-state index in [1.807, 2.05) is 27.0 Å². The van der Waals surface area contributed by atoms with Gasteiger partial charge in [0.05, 0.1) is 34.8 Å². The Hall–Kier alpha value is -1.86. The van der Waals surface area contributed by atoms with Gasteiger partial charge in [0.1, 0.15) is 6.54 Å². The quantitative estimate of drug-likeness (QED) is 0.871. The van der Waals surface area contributed by atoms with Crippen LogP contribution in [0.15, 0.2) is 12.3 Å². The molecule has 0 spiro atoms. The lowest BCUT2D eigenvalue weighted by Gasteiger charge is -2.18. The van der Waals surface area contributed by atoms with Crippen molar-refractivity contribution in [3.63, 3.8) is 0 Å². The standard InChI is InChI=1S/C14H20ClN5O2/c1-9-14(15)10(2)20(18-9)7-13(21)17-11(8-22-4)12-5-6-16-19(12)3/h5-6,11H,7-8H2,1-4H3,(H,17,21). The number of aromatic nitrogens is 4. The average Bonchev–Trinajstić information content (AvgIpc) is 2.99. The van der Waals surface area contributed by atoms with Crippen LogP contribution in [0.2, 0.25) is 5.02 Å². The van der Waals surface area contributed by atoms with Crippen molar-refractivity contribution in [2.45, 2.75) is 26.4 Å². The van der Waals surface area contributed by atoms with Crippen molar-refractivity contribution in [2.24, 2.45) is 7.05 Å². The van der Waals surface area contributed by atoms with Crippen molar-refractivity contribution in [2.75, 3.05) is 13.7 Å². The van der Waals surface area contributed by atoms with E-state index in [2.05, 4.69) is 15.5 Å². The molecule has 120 valence electrons. The second-order valence-electron chi connectivity index (χ2n) is 5.10. The van der Waals surface area contributed by atoms with Gasteiger partial charge in [-0.25, -0.2) is 0 Å². The van der Waals surface area contributed by atoms with Gasteiger partial charge in [-0.05, 0) is 19.9 Å². The van der Waals surface area contributed by atoms with Crippen LogP contribution >= 0.6 is 11.6 Å². The molecule has 0 aromatic carbocycles. The van der Waals surface area contributed by atoms with Gasteiger partial charge in [-0.2, -0.15) is 10.2 Å². The highest BCUT2D eigenvalue weighted by atomic mass is 35.5. The molecule has 22 heavy (non-hydrogen) atoms. The molecule has 2 aromatic heterocycles. The SMILES string of the molecule is COCC(NC(=O)Cn1nc(C)c(Cl)c1C)c1ccnn1C. The summed E-state index contributed by atoms with van der Waals surface area (Å²) in [5.41, 5.74) is 2.37. The molecule has 0 saturated carbocycles. The molecule has 0 aliphatic heterocycles. The molecule has 2 heterocycles. The minimum Gasteiger partial charge on any atom is -0.382 e. The number of rotatable bonds is 6. The summed E-state index contributed by atoms with van der Waals surface area (Å²) in [7, 11) is 3.42. The summed E-state index contributed by atoms with van der Waals surface area (Å²) in [5, 5.41) is 11.9. The highest BCUT2D eigenvalue weighted by molar-refractivity contribution is 6.31. The van der Waals surface area contributed by atoms with Gasteiger partial charge in [0.25, 0.3) is 0 Å². The van der Waals surface area contributed by atoms with Crippen LogP contribution in [0.1, 0.15) is 23.1 Å². The molecule has 0 radical (unpaired) electrons. The molecule has 0 saturated heterocycles. The Kier molecular flexibility index (Phi) is 5.20. The van der Waals surface area contributed by atoms with Crippen molar-refractivity contribution in [3.05, 3.63) is 34.4 Å². The van der Waals surface area contributed by atoms with Crippen molar-refractivity contribution in [3.8, 4) is 0 Å². The first-order valence-electron chi connectivity index (χ1n) is 6.89. The number of ether oxygens (including phenoxy) is 1. The van der Waals surface area contributed by atoms with Crippen LogP contribution in [0.25, 0.3) is 0 Å². The van der Waals surface area contributed by atoms with Crippen LogP contribution < -0.4 is 5.32 Å². The zero-order valence-corrected chi connectivity index (χ0v) is 13.9. The zero-order chi connectivity index (χ0) is 16.3. The van der Waals surface area contributed by atoms with Crippen LogP contribution in [-0.2, 0) is 23.1 Å². The molecular weight excluding hydrogens is 306 g/mol. The van der Waals surface area contributed by atoms with Gasteiger partial charge in [0.2, 0.25) is 5.91 Å². The number of halogens is 1. The Balaban J connectivity index is 2.08. The van der Waals surface area contributed by atoms with E-state index in [0.717, 1.165) is 11.4 Å². The number of carbonyl (C=O) groups is 1. The Morgan fingerprint density at radius 3 is 2.73 bits per heavy atom. The lowest BCUT2D eigenvalue weighted by Crippen LogP contribution is -2.35. The van der Waals surface area contributed by atoms with Crippen molar-refractivity contribution in [1.29, 1.82) is 0 Å². The fraction of sp³-hybridized carbons (Fsp3) is 0.500. The predicted molar refractivity (Wildman–Crippen MR) is 82.7 cm³/mol. The lowest BCUT2D eigenvalue weighted by atomic mass is 10.2. The Labute approximate surface area is 134 Å². The van der Waals surface area contributed by atoms with Gasteiger partial charge in [-0.15, -0.1) is 0 Å². The number of aryl methyl sites for hydroxylation is 2. The number of hydrogen-bond donors (Lipinski definition) is 1. The maximum Gasteiger partial charge on any atom is 0.242 e. The van der Waals surface area contributed by atoms with Crippen LogP contribution in [0.3, 0.4) is 0 Å². The summed E-state index contributed by atoms with van der Waals surface area (Å²) in [5.74, 6) is -0.162. The van der Waals surface area contributed by atoms with Crippen LogP contribution in [0, 0.1) is 13.8 Å². The molecule has 1 unspecified atom stereocenters. The molecule has 0 aliphatic carbocycles. The van der Waals surface area contributed by atoms with Gasteiger partial charge in [0.15, 0.2) is 0 Å². The number of methoxy groups -OCH3 is 1. The number of hydrogen-bond acceptors (Lipinski definition) is 4. The van der Waals surface area contributed by atoms with Gasteiger partial charge < -0.3 is 10.1 Å².